The number of esters is 2. The molecule has 0 amide bonds. The maximum absolute atomic E-state index is 13.4. The van der Waals surface area contributed by atoms with Crippen molar-refractivity contribution in [3.05, 3.63) is 88.4 Å². The molecule has 2 aromatic carbocycles. The van der Waals surface area contributed by atoms with Crippen LogP contribution in [-0.2, 0) is 19.1 Å². The van der Waals surface area contributed by atoms with E-state index in [0.29, 0.717) is 40.4 Å². The van der Waals surface area contributed by atoms with Gasteiger partial charge in [0.1, 0.15) is 5.75 Å². The number of para-hydroxylation sites is 1. The Labute approximate surface area is 242 Å². The summed E-state index contributed by atoms with van der Waals surface area (Å²) in [5.74, 6) is -0.962. The zero-order valence-corrected chi connectivity index (χ0v) is 24.7. The van der Waals surface area contributed by atoms with Gasteiger partial charge in [0.15, 0.2) is 0 Å². The molecule has 0 unspecified atom stereocenters. The maximum Gasteiger partial charge on any atom is 0.336 e. The largest absolute Gasteiger partial charge is 0.494 e. The Bertz CT molecular complexity index is 1430. The third-order valence-corrected chi connectivity index (χ3v) is 7.04. The van der Waals surface area contributed by atoms with Gasteiger partial charge in [0.05, 0.1) is 48.3 Å². The van der Waals surface area contributed by atoms with Crippen LogP contribution in [-0.4, -0.2) is 41.5 Å². The van der Waals surface area contributed by atoms with Crippen LogP contribution < -0.4 is 10.1 Å². The number of allylic oxidation sites excluding steroid dienone is 2. The van der Waals surface area contributed by atoms with Gasteiger partial charge in [0.2, 0.25) is 0 Å². The molecule has 8 nitrogen and oxygen atoms in total. The number of aryl methyl sites for hydroxylation is 1. The number of hydrogen-bond donors (Lipinski definition) is 1. The highest BCUT2D eigenvalue weighted by Crippen LogP contribution is 2.44. The van der Waals surface area contributed by atoms with E-state index in [9.17, 15) is 9.59 Å². The van der Waals surface area contributed by atoms with Crippen molar-refractivity contribution >= 4 is 11.9 Å². The number of carbonyl (C=O) groups is 2. The highest BCUT2D eigenvalue weighted by Gasteiger charge is 2.40. The summed E-state index contributed by atoms with van der Waals surface area (Å²) in [4.78, 5) is 26.9. The van der Waals surface area contributed by atoms with E-state index in [2.05, 4.69) is 12.2 Å². The summed E-state index contributed by atoms with van der Waals surface area (Å²) < 4.78 is 18.7. The highest BCUT2D eigenvalue weighted by molar-refractivity contribution is 6.00. The lowest BCUT2D eigenvalue weighted by atomic mass is 9.79. The lowest BCUT2D eigenvalue weighted by molar-refractivity contribution is -0.139. The van der Waals surface area contributed by atoms with E-state index < -0.39 is 17.9 Å². The molecule has 1 aromatic heterocycles. The molecule has 0 spiro atoms. The molecule has 216 valence electrons. The molecule has 0 fully saturated rings. The van der Waals surface area contributed by atoms with Gasteiger partial charge in [-0.05, 0) is 76.9 Å². The number of ether oxygens (including phenoxy) is 3. The lowest BCUT2D eigenvalue weighted by Gasteiger charge is -2.30. The van der Waals surface area contributed by atoms with Gasteiger partial charge >= 0.3 is 11.9 Å². The van der Waals surface area contributed by atoms with E-state index in [1.165, 1.54) is 0 Å². The van der Waals surface area contributed by atoms with Crippen molar-refractivity contribution in [3.8, 4) is 22.7 Å². The molecule has 0 atom stereocenters. The van der Waals surface area contributed by atoms with E-state index in [1.807, 2.05) is 75.5 Å². The minimum absolute atomic E-state index is 0.203. The summed E-state index contributed by atoms with van der Waals surface area (Å²) in [7, 11) is 0. The summed E-state index contributed by atoms with van der Waals surface area (Å²) in [6.45, 7) is 12.4. The monoisotopic (exact) mass is 557 g/mol. The summed E-state index contributed by atoms with van der Waals surface area (Å²) in [5.41, 5.74) is 5.98. The van der Waals surface area contributed by atoms with Crippen LogP contribution in [0.4, 0.5) is 0 Å². The molecule has 1 aliphatic rings. The number of benzene rings is 2. The van der Waals surface area contributed by atoms with E-state index in [4.69, 9.17) is 19.3 Å². The van der Waals surface area contributed by atoms with Gasteiger partial charge < -0.3 is 19.5 Å². The number of aromatic nitrogens is 2. The second-order valence-corrected chi connectivity index (χ2v) is 9.97. The molecule has 0 radical (unpaired) electrons. The zero-order chi connectivity index (χ0) is 29.5. The third-order valence-electron chi connectivity index (χ3n) is 7.04. The molecule has 3 aromatic rings. The Morgan fingerprint density at radius 2 is 1.54 bits per heavy atom. The normalized spacial score (nSPS) is 13.7. The number of hydrogen-bond acceptors (Lipinski definition) is 7. The molecule has 1 aliphatic heterocycles. The van der Waals surface area contributed by atoms with E-state index in [0.717, 1.165) is 35.4 Å². The minimum Gasteiger partial charge on any atom is -0.494 e. The highest BCUT2D eigenvalue weighted by atomic mass is 16.5. The van der Waals surface area contributed by atoms with Crippen LogP contribution in [0, 0.1) is 6.92 Å². The SMILES string of the molecule is CCCCOc1ccc(-c2nn(-c3ccccc3)cc2C2C(C(=O)OCC)=C(C)NC(C)=C2C(=O)OCC)c(C)c1. The number of nitrogens with one attached hydrogen (secondary N) is 1. The van der Waals surface area contributed by atoms with Crippen LogP contribution in [0.5, 0.6) is 5.75 Å². The fraction of sp³-hybridized carbons (Fsp3) is 0.364. The second-order valence-electron chi connectivity index (χ2n) is 9.97. The summed E-state index contributed by atoms with van der Waals surface area (Å²) in [5, 5.41) is 8.24. The molecule has 1 N–H and O–H groups in total. The van der Waals surface area contributed by atoms with Gasteiger partial charge in [-0.3, -0.25) is 0 Å². The molecule has 0 saturated carbocycles. The van der Waals surface area contributed by atoms with Crippen LogP contribution >= 0.6 is 0 Å². The van der Waals surface area contributed by atoms with Crippen LogP contribution in [0.3, 0.4) is 0 Å². The fourth-order valence-electron chi connectivity index (χ4n) is 5.11. The molecule has 2 heterocycles. The van der Waals surface area contributed by atoms with Gasteiger partial charge in [-0.25, -0.2) is 14.3 Å². The van der Waals surface area contributed by atoms with Crippen LogP contribution in [0.25, 0.3) is 16.9 Å². The zero-order valence-electron chi connectivity index (χ0n) is 24.7. The van der Waals surface area contributed by atoms with Crippen molar-refractivity contribution in [1.82, 2.24) is 15.1 Å². The standard InChI is InChI=1S/C33H39N3O5/c1-7-10-18-41-25-16-17-26(21(4)19-25)31-27(20-36(35-31)24-14-12-11-13-15-24)30-28(32(37)39-8-2)22(5)34-23(6)29(30)33(38)40-9-3/h11-17,19-20,30,34H,7-10,18H2,1-6H3. The van der Waals surface area contributed by atoms with Crippen molar-refractivity contribution in [3.63, 3.8) is 0 Å². The summed E-state index contributed by atoms with van der Waals surface area (Å²) >= 11 is 0. The molecule has 0 bridgehead atoms. The van der Waals surface area contributed by atoms with Gasteiger partial charge in [0.25, 0.3) is 0 Å². The molecular weight excluding hydrogens is 518 g/mol. The summed E-state index contributed by atoms with van der Waals surface area (Å²) in [6, 6.07) is 15.7. The maximum atomic E-state index is 13.4. The van der Waals surface area contributed by atoms with E-state index >= 15 is 0 Å². The number of rotatable bonds is 11. The average Bonchev–Trinajstić information content (AvgIpc) is 3.38. The fourth-order valence-corrected chi connectivity index (χ4v) is 5.11. The Kier molecular flexibility index (Phi) is 9.65. The van der Waals surface area contributed by atoms with Crippen molar-refractivity contribution < 1.29 is 23.8 Å². The minimum atomic E-state index is -0.762. The molecule has 0 aliphatic carbocycles. The third kappa shape index (κ3) is 6.37. The number of unbranched alkanes of at least 4 members (excludes halogenated alkanes) is 1. The van der Waals surface area contributed by atoms with Crippen molar-refractivity contribution in [2.24, 2.45) is 0 Å². The average molecular weight is 558 g/mol. The predicted molar refractivity (Wildman–Crippen MR) is 159 cm³/mol. The van der Waals surface area contributed by atoms with E-state index in [1.54, 1.807) is 18.5 Å². The first-order chi connectivity index (χ1) is 19.8. The van der Waals surface area contributed by atoms with Gasteiger partial charge in [0, 0.05) is 28.7 Å². The van der Waals surface area contributed by atoms with E-state index in [-0.39, 0.29) is 13.2 Å². The molecule has 0 saturated heterocycles. The summed E-state index contributed by atoms with van der Waals surface area (Å²) in [6.07, 6.45) is 3.93. The quantitative estimate of drug-likeness (QED) is 0.216. The molecule has 4 rings (SSSR count). The van der Waals surface area contributed by atoms with Crippen LogP contribution in [0.1, 0.15) is 64.5 Å². The van der Waals surface area contributed by atoms with Crippen molar-refractivity contribution in [2.75, 3.05) is 19.8 Å². The Morgan fingerprint density at radius 1 is 0.902 bits per heavy atom. The Balaban J connectivity index is 1.96. The molecule has 8 heteroatoms. The number of dihydropyridines is 1. The van der Waals surface area contributed by atoms with Crippen molar-refractivity contribution in [2.45, 2.75) is 60.3 Å². The number of carbonyl (C=O) groups excluding carboxylic acids is 2. The van der Waals surface area contributed by atoms with Crippen molar-refractivity contribution in [1.29, 1.82) is 0 Å². The van der Waals surface area contributed by atoms with Gasteiger partial charge in [-0.15, -0.1) is 0 Å². The van der Waals surface area contributed by atoms with Crippen LogP contribution in [0.2, 0.25) is 0 Å². The Morgan fingerprint density at radius 3 is 2.10 bits per heavy atom. The number of nitrogens with zero attached hydrogens (tertiary/aromatic N) is 2. The first kappa shape index (κ1) is 29.6. The lowest BCUT2D eigenvalue weighted by Crippen LogP contribution is -2.32. The van der Waals surface area contributed by atoms with Gasteiger partial charge in [-0.1, -0.05) is 31.5 Å². The first-order valence-corrected chi connectivity index (χ1v) is 14.2. The first-order valence-electron chi connectivity index (χ1n) is 14.2. The predicted octanol–water partition coefficient (Wildman–Crippen LogP) is 6.39. The molecule has 41 heavy (non-hydrogen) atoms. The Hall–Kier alpha value is -4.33. The smallest absolute Gasteiger partial charge is 0.336 e. The van der Waals surface area contributed by atoms with Gasteiger partial charge in [-0.2, -0.15) is 5.10 Å². The molecular formula is C33H39N3O5. The second kappa shape index (κ2) is 13.4. The topological polar surface area (TPSA) is 91.7 Å². The van der Waals surface area contributed by atoms with Crippen LogP contribution in [0.15, 0.2) is 77.3 Å².